The van der Waals surface area contributed by atoms with Gasteiger partial charge in [0.2, 0.25) is 0 Å². The normalized spacial score (nSPS) is 21.0. The summed E-state index contributed by atoms with van der Waals surface area (Å²) in [5, 5.41) is 4.53. The SMILES string of the molecule is CC1c2cc(-c3c[nH]c4cc(F)ccc34)ccc2SN1CC1CCNCC1. The van der Waals surface area contributed by atoms with Crippen molar-refractivity contribution in [2.24, 2.45) is 5.92 Å². The second kappa shape index (κ2) is 6.97. The van der Waals surface area contributed by atoms with Crippen molar-refractivity contribution < 1.29 is 4.39 Å². The average molecular weight is 382 g/mol. The molecule has 1 aromatic heterocycles. The molecule has 0 saturated carbocycles. The van der Waals surface area contributed by atoms with Crippen molar-refractivity contribution in [2.75, 3.05) is 19.6 Å². The number of fused-ring (bicyclic) bond motifs is 2. The van der Waals surface area contributed by atoms with Gasteiger partial charge in [0.25, 0.3) is 0 Å². The number of benzene rings is 2. The third-order valence-corrected chi connectivity index (χ3v) is 7.23. The van der Waals surface area contributed by atoms with Crippen molar-refractivity contribution in [1.29, 1.82) is 0 Å². The highest BCUT2D eigenvalue weighted by atomic mass is 32.2. The lowest BCUT2D eigenvalue weighted by Gasteiger charge is -2.28. The summed E-state index contributed by atoms with van der Waals surface area (Å²) in [7, 11) is 0. The number of piperidine rings is 1. The van der Waals surface area contributed by atoms with Crippen LogP contribution in [0.15, 0.2) is 47.5 Å². The van der Waals surface area contributed by atoms with Crippen molar-refractivity contribution in [2.45, 2.75) is 30.7 Å². The number of aromatic amines is 1. The van der Waals surface area contributed by atoms with Crippen LogP contribution in [-0.2, 0) is 0 Å². The highest BCUT2D eigenvalue weighted by Gasteiger charge is 2.30. The van der Waals surface area contributed by atoms with E-state index < -0.39 is 0 Å². The number of hydrogen-bond donors (Lipinski definition) is 2. The minimum absolute atomic E-state index is 0.205. The summed E-state index contributed by atoms with van der Waals surface area (Å²) < 4.78 is 16.0. The third kappa shape index (κ3) is 3.18. The quantitative estimate of drug-likeness (QED) is 0.599. The topological polar surface area (TPSA) is 31.1 Å². The van der Waals surface area contributed by atoms with E-state index in [4.69, 9.17) is 0 Å². The Morgan fingerprint density at radius 3 is 2.85 bits per heavy atom. The first kappa shape index (κ1) is 17.3. The number of hydrogen-bond acceptors (Lipinski definition) is 3. The molecule has 0 amide bonds. The first-order valence-electron chi connectivity index (χ1n) is 9.75. The Bertz CT molecular complexity index is 977. The molecule has 2 aliphatic heterocycles. The largest absolute Gasteiger partial charge is 0.360 e. The van der Waals surface area contributed by atoms with E-state index in [0.717, 1.165) is 42.0 Å². The summed E-state index contributed by atoms with van der Waals surface area (Å²) >= 11 is 1.90. The minimum atomic E-state index is -0.205. The van der Waals surface area contributed by atoms with Gasteiger partial charge in [-0.15, -0.1) is 0 Å². The lowest BCUT2D eigenvalue weighted by atomic mass is 9.96. The Morgan fingerprint density at radius 2 is 2.00 bits per heavy atom. The summed E-state index contributed by atoms with van der Waals surface area (Å²) in [5.41, 5.74) is 4.59. The summed E-state index contributed by atoms with van der Waals surface area (Å²) in [6.07, 6.45) is 4.54. The summed E-state index contributed by atoms with van der Waals surface area (Å²) in [4.78, 5) is 4.57. The van der Waals surface area contributed by atoms with Crippen LogP contribution < -0.4 is 5.32 Å². The molecule has 0 radical (unpaired) electrons. The van der Waals surface area contributed by atoms with Crippen LogP contribution in [0.1, 0.15) is 31.4 Å². The van der Waals surface area contributed by atoms with Crippen LogP contribution in [0.25, 0.3) is 22.0 Å². The van der Waals surface area contributed by atoms with E-state index in [2.05, 4.69) is 39.7 Å². The highest BCUT2D eigenvalue weighted by molar-refractivity contribution is 7.97. The second-order valence-electron chi connectivity index (χ2n) is 7.71. The van der Waals surface area contributed by atoms with E-state index in [1.165, 1.54) is 34.9 Å². The fourth-order valence-corrected chi connectivity index (χ4v) is 5.61. The molecule has 3 aromatic rings. The van der Waals surface area contributed by atoms with Crippen LogP contribution in [0.2, 0.25) is 0 Å². The molecule has 2 aromatic carbocycles. The van der Waals surface area contributed by atoms with Crippen LogP contribution in [0.3, 0.4) is 0 Å². The monoisotopic (exact) mass is 381 g/mol. The number of rotatable bonds is 3. The van der Waals surface area contributed by atoms with E-state index in [0.29, 0.717) is 6.04 Å². The molecule has 3 heterocycles. The Balaban J connectivity index is 1.42. The first-order chi connectivity index (χ1) is 13.2. The molecule has 0 bridgehead atoms. The van der Waals surface area contributed by atoms with Gasteiger partial charge in [-0.1, -0.05) is 6.07 Å². The summed E-state index contributed by atoms with van der Waals surface area (Å²) in [5.74, 6) is 0.585. The number of aromatic nitrogens is 1. The molecule has 1 atom stereocenters. The molecule has 0 aliphatic carbocycles. The van der Waals surface area contributed by atoms with Gasteiger partial charge in [-0.2, -0.15) is 0 Å². The van der Waals surface area contributed by atoms with E-state index >= 15 is 0 Å². The average Bonchev–Trinajstić information content (AvgIpc) is 3.23. The molecule has 1 fully saturated rings. The van der Waals surface area contributed by atoms with Crippen LogP contribution >= 0.6 is 11.9 Å². The lowest BCUT2D eigenvalue weighted by Crippen LogP contribution is -2.33. The van der Waals surface area contributed by atoms with E-state index in [1.54, 1.807) is 6.07 Å². The maximum atomic E-state index is 13.5. The number of H-pyrrole nitrogens is 1. The molecular weight excluding hydrogens is 357 g/mol. The molecule has 27 heavy (non-hydrogen) atoms. The standard InChI is InChI=1S/C22H24FN3S/c1-14-19-10-16(20-12-25-21-11-17(23)3-4-18(20)21)2-5-22(19)27-26(14)13-15-6-8-24-9-7-15/h2-5,10-12,14-15,24-25H,6-9,13H2,1H3. The molecule has 1 saturated heterocycles. The van der Waals surface area contributed by atoms with Gasteiger partial charge in [0.1, 0.15) is 5.82 Å². The molecule has 3 nitrogen and oxygen atoms in total. The first-order valence-corrected chi connectivity index (χ1v) is 10.5. The predicted octanol–water partition coefficient (Wildman–Crippen LogP) is 5.36. The number of nitrogens with zero attached hydrogens (tertiary/aromatic N) is 1. The van der Waals surface area contributed by atoms with Crippen molar-refractivity contribution >= 4 is 22.9 Å². The summed E-state index contributed by atoms with van der Waals surface area (Å²) in [6, 6.07) is 12.1. The van der Waals surface area contributed by atoms with Crippen molar-refractivity contribution in [3.63, 3.8) is 0 Å². The van der Waals surface area contributed by atoms with Crippen LogP contribution in [0.5, 0.6) is 0 Å². The minimum Gasteiger partial charge on any atom is -0.360 e. The number of nitrogens with one attached hydrogen (secondary N) is 2. The zero-order chi connectivity index (χ0) is 18.4. The zero-order valence-corrected chi connectivity index (χ0v) is 16.3. The Labute approximate surface area is 163 Å². The smallest absolute Gasteiger partial charge is 0.125 e. The van der Waals surface area contributed by atoms with Crippen molar-refractivity contribution in [1.82, 2.24) is 14.6 Å². The van der Waals surface area contributed by atoms with Gasteiger partial charge in [-0.05, 0) is 92.2 Å². The maximum absolute atomic E-state index is 13.5. The van der Waals surface area contributed by atoms with Gasteiger partial charge in [-0.3, -0.25) is 0 Å². The second-order valence-corrected chi connectivity index (χ2v) is 8.80. The third-order valence-electron chi connectivity index (χ3n) is 5.96. The van der Waals surface area contributed by atoms with Crippen LogP contribution in [0.4, 0.5) is 4.39 Å². The van der Waals surface area contributed by atoms with Gasteiger partial charge in [0, 0.05) is 40.1 Å². The Hall–Kier alpha value is -1.82. The molecule has 0 spiro atoms. The molecule has 5 heteroatoms. The van der Waals surface area contributed by atoms with E-state index in [9.17, 15) is 4.39 Å². The van der Waals surface area contributed by atoms with Gasteiger partial charge in [0.05, 0.1) is 0 Å². The van der Waals surface area contributed by atoms with E-state index in [-0.39, 0.29) is 5.82 Å². The van der Waals surface area contributed by atoms with E-state index in [1.807, 2.05) is 24.2 Å². The fraction of sp³-hybridized carbons (Fsp3) is 0.364. The van der Waals surface area contributed by atoms with Gasteiger partial charge in [-0.25, -0.2) is 8.70 Å². The molecule has 5 rings (SSSR count). The van der Waals surface area contributed by atoms with Crippen molar-refractivity contribution in [3.8, 4) is 11.1 Å². The van der Waals surface area contributed by atoms with Gasteiger partial charge >= 0.3 is 0 Å². The Kier molecular flexibility index (Phi) is 4.46. The molecule has 2 aliphatic rings. The molecule has 140 valence electrons. The van der Waals surface area contributed by atoms with Gasteiger partial charge in [0.15, 0.2) is 0 Å². The predicted molar refractivity (Wildman–Crippen MR) is 110 cm³/mol. The molecular formula is C22H24FN3S. The van der Waals surface area contributed by atoms with Crippen molar-refractivity contribution in [3.05, 3.63) is 54.0 Å². The zero-order valence-electron chi connectivity index (χ0n) is 15.5. The number of halogens is 1. The van der Waals surface area contributed by atoms with Crippen LogP contribution in [-0.4, -0.2) is 28.9 Å². The Morgan fingerprint density at radius 1 is 1.15 bits per heavy atom. The maximum Gasteiger partial charge on any atom is 0.125 e. The molecule has 1 unspecified atom stereocenters. The summed E-state index contributed by atoms with van der Waals surface area (Å²) in [6.45, 7) is 5.77. The van der Waals surface area contributed by atoms with Gasteiger partial charge < -0.3 is 10.3 Å². The lowest BCUT2D eigenvalue weighted by molar-refractivity contribution is 0.276. The fourth-order valence-electron chi connectivity index (χ4n) is 4.34. The van der Waals surface area contributed by atoms with Crippen LogP contribution in [0, 0.1) is 11.7 Å². The highest BCUT2D eigenvalue weighted by Crippen LogP contribution is 2.46. The molecule has 2 N–H and O–H groups in total.